The van der Waals surface area contributed by atoms with E-state index in [0.29, 0.717) is 63.1 Å². The third kappa shape index (κ3) is 7.68. The van der Waals surface area contributed by atoms with Crippen LogP contribution in [0, 0.1) is 34.5 Å². The number of pyridine rings is 2. The SMILES string of the molecule is CC[C@@]1(OC(=O)COc2ccc(C(=O)O[C@H]3CC[C@@]4(C)C(CCC5C4CC[C@]4(C)C(=O)CCC54)C3)cc2)C(=O)OCc2c1cc1n(c2=O)Cc2cc3cc(OC(=O)OC(C)(C)C)ccc3nc2-1. The lowest BCUT2D eigenvalue weighted by molar-refractivity contribution is -0.190. The molecule has 10 rings (SSSR count). The second kappa shape index (κ2) is 16.3. The number of ketones is 1. The molecule has 0 radical (unpaired) electrons. The lowest BCUT2D eigenvalue weighted by atomic mass is 9.45. The maximum atomic E-state index is 14.1. The lowest BCUT2D eigenvalue weighted by Gasteiger charge is -2.60. The summed E-state index contributed by atoms with van der Waals surface area (Å²) in [5, 5.41) is 0.677. The molecule has 4 heterocycles. The first kappa shape index (κ1) is 44.8. The van der Waals surface area contributed by atoms with Gasteiger partial charge in [0.15, 0.2) is 6.61 Å². The quantitative estimate of drug-likeness (QED) is 0.0819. The highest BCUT2D eigenvalue weighted by atomic mass is 16.7. The summed E-state index contributed by atoms with van der Waals surface area (Å²) in [5.41, 5.74) is 0.108. The molecule has 14 nitrogen and oxygen atoms in total. The first-order chi connectivity index (χ1) is 31.9. The zero-order valence-corrected chi connectivity index (χ0v) is 39.1. The number of aromatic nitrogens is 2. The Labute approximate surface area is 389 Å². The first-order valence-electron chi connectivity index (χ1n) is 23.9. The van der Waals surface area contributed by atoms with E-state index in [9.17, 15) is 28.8 Å². The topological polar surface area (TPSA) is 176 Å². The second-order valence-electron chi connectivity index (χ2n) is 21.2. The number of hydrogen-bond acceptors (Lipinski definition) is 13. The molecule has 4 saturated carbocycles. The number of cyclic esters (lactones) is 1. The molecule has 4 unspecified atom stereocenters. The molecule has 0 amide bonds. The van der Waals surface area contributed by atoms with E-state index in [1.807, 2.05) is 6.07 Å². The van der Waals surface area contributed by atoms with E-state index < -0.39 is 47.4 Å². The highest BCUT2D eigenvalue weighted by Gasteiger charge is 2.60. The molecule has 14 heteroatoms. The van der Waals surface area contributed by atoms with Crippen LogP contribution in [0.25, 0.3) is 22.3 Å². The van der Waals surface area contributed by atoms with Crippen molar-refractivity contribution in [3.8, 4) is 22.9 Å². The minimum absolute atomic E-state index is 0.0209. The zero-order valence-electron chi connectivity index (χ0n) is 39.1. The number of rotatable bonds is 8. The number of carbonyl (C=O) groups excluding carboxylic acids is 5. The van der Waals surface area contributed by atoms with Crippen molar-refractivity contribution in [2.75, 3.05) is 6.61 Å². The van der Waals surface area contributed by atoms with E-state index in [1.54, 1.807) is 80.8 Å². The number of hydrogen-bond donors (Lipinski definition) is 0. The number of fused-ring (bicyclic) bond motifs is 10. The largest absolute Gasteiger partial charge is 0.514 e. The van der Waals surface area contributed by atoms with Crippen molar-refractivity contribution in [2.24, 2.45) is 34.5 Å². The molecule has 0 bridgehead atoms. The number of esters is 3. The monoisotopic (exact) mass is 914 g/mol. The van der Waals surface area contributed by atoms with Crippen molar-refractivity contribution in [1.82, 2.24) is 9.55 Å². The summed E-state index contributed by atoms with van der Waals surface area (Å²) in [5.74, 6) is 1.20. The van der Waals surface area contributed by atoms with Gasteiger partial charge in [-0.1, -0.05) is 20.8 Å². The number of Topliss-reactive ketones (excluding diaryl/α,β-unsaturated/α-hetero) is 1. The van der Waals surface area contributed by atoms with Crippen LogP contribution in [0.1, 0.15) is 133 Å². The van der Waals surface area contributed by atoms with E-state index in [1.165, 1.54) is 0 Å². The third-order valence-electron chi connectivity index (χ3n) is 16.4. The van der Waals surface area contributed by atoms with Gasteiger partial charge in [-0.25, -0.2) is 24.2 Å². The molecule has 352 valence electrons. The molecule has 4 aliphatic carbocycles. The number of benzene rings is 2. The van der Waals surface area contributed by atoms with Crippen molar-refractivity contribution < 1.29 is 52.4 Å². The summed E-state index contributed by atoms with van der Waals surface area (Å²) in [6, 6.07) is 14.9. The van der Waals surface area contributed by atoms with Crippen molar-refractivity contribution in [3.63, 3.8) is 0 Å². The van der Waals surface area contributed by atoms with Gasteiger partial charge in [-0.3, -0.25) is 9.59 Å². The maximum absolute atomic E-state index is 14.1. The van der Waals surface area contributed by atoms with Crippen LogP contribution in [-0.2, 0) is 52.1 Å². The molecular weight excluding hydrogens is 857 g/mol. The van der Waals surface area contributed by atoms with Crippen molar-refractivity contribution in [3.05, 3.63) is 87.2 Å². The van der Waals surface area contributed by atoms with E-state index in [4.69, 9.17) is 33.4 Å². The number of nitrogens with zero attached hydrogens (tertiary/aromatic N) is 2. The highest BCUT2D eigenvalue weighted by molar-refractivity contribution is 5.91. The van der Waals surface area contributed by atoms with Crippen LogP contribution >= 0.6 is 0 Å². The van der Waals surface area contributed by atoms with E-state index in [0.717, 1.165) is 63.4 Å². The fourth-order valence-corrected chi connectivity index (χ4v) is 12.9. The van der Waals surface area contributed by atoms with Crippen LogP contribution in [0.4, 0.5) is 4.79 Å². The van der Waals surface area contributed by atoms with Crippen molar-refractivity contribution in [2.45, 2.75) is 136 Å². The molecule has 8 atom stereocenters. The average molecular weight is 915 g/mol. The second-order valence-corrected chi connectivity index (χ2v) is 21.2. The Morgan fingerprint density at radius 1 is 0.896 bits per heavy atom. The molecule has 6 aliphatic rings. The Morgan fingerprint density at radius 3 is 2.43 bits per heavy atom. The first-order valence-corrected chi connectivity index (χ1v) is 23.9. The molecule has 0 spiro atoms. The standard InChI is InChI=1S/C53H58N2O12/c1-7-53(40-25-42-45-31(26-55(42)46(58)37(40)27-63-48(53)60)22-30-23-34(13-16-41(30)54-45)65-49(61)67-50(2,3)4)66-44(57)28-62-33-11-8-29(9-12-33)47(59)64-35-18-20-51(5)32(24-35)10-14-36-38-15-17-43(56)52(38,6)21-19-39(36)51/h8-9,11-13,16,22-23,25,32,35-36,38-39H,7,10,14-15,17-21,24,26-28H2,1-6H3/t32?,35-,36?,38?,39?,51-,52-,53-/m0/s1. The number of carbonyl (C=O) groups is 5. The van der Waals surface area contributed by atoms with Crippen molar-refractivity contribution >= 4 is 40.7 Å². The Hall–Kier alpha value is -6.05. The van der Waals surface area contributed by atoms with Crippen LogP contribution in [0.15, 0.2) is 59.4 Å². The normalized spacial score (nSPS) is 29.3. The van der Waals surface area contributed by atoms with Gasteiger partial charge in [-0.05, 0) is 162 Å². The summed E-state index contributed by atoms with van der Waals surface area (Å²) in [4.78, 5) is 84.7. The van der Waals surface area contributed by atoms with Crippen LogP contribution in [0.5, 0.6) is 11.5 Å². The molecule has 2 aromatic carbocycles. The Morgan fingerprint density at radius 2 is 1.67 bits per heavy atom. The molecule has 2 aromatic heterocycles. The summed E-state index contributed by atoms with van der Waals surface area (Å²) in [7, 11) is 0. The van der Waals surface area contributed by atoms with Gasteiger partial charge in [-0.15, -0.1) is 0 Å². The molecule has 4 aromatic rings. The van der Waals surface area contributed by atoms with Crippen LogP contribution in [0.3, 0.4) is 0 Å². The molecular formula is C53H58N2O12. The molecule has 67 heavy (non-hydrogen) atoms. The molecule has 4 fully saturated rings. The smallest absolute Gasteiger partial charge is 0.482 e. The third-order valence-corrected chi connectivity index (χ3v) is 16.4. The Bertz CT molecular complexity index is 2790. The van der Waals surface area contributed by atoms with Gasteiger partial charge in [0.2, 0.25) is 5.60 Å². The fourth-order valence-electron chi connectivity index (χ4n) is 12.9. The summed E-state index contributed by atoms with van der Waals surface area (Å²) in [6.07, 6.45) is 7.81. The van der Waals surface area contributed by atoms with Gasteiger partial charge in [0.05, 0.1) is 34.6 Å². The Balaban J connectivity index is 0.780. The van der Waals surface area contributed by atoms with Crippen LogP contribution in [-0.4, -0.2) is 57.7 Å². The van der Waals surface area contributed by atoms with E-state index in [-0.39, 0.29) is 53.4 Å². The van der Waals surface area contributed by atoms with E-state index >= 15 is 0 Å². The summed E-state index contributed by atoms with van der Waals surface area (Å²) >= 11 is 0. The van der Waals surface area contributed by atoms with Gasteiger partial charge in [-0.2, -0.15) is 0 Å². The summed E-state index contributed by atoms with van der Waals surface area (Å²) in [6.45, 7) is 10.9. The predicted octanol–water partition coefficient (Wildman–Crippen LogP) is 9.16. The van der Waals surface area contributed by atoms with Gasteiger partial charge in [0, 0.05) is 28.3 Å². The van der Waals surface area contributed by atoms with Crippen molar-refractivity contribution in [1.29, 1.82) is 0 Å². The minimum Gasteiger partial charge on any atom is -0.482 e. The van der Waals surface area contributed by atoms with Gasteiger partial charge < -0.3 is 33.0 Å². The fraction of sp³-hybridized carbons (Fsp3) is 0.528. The maximum Gasteiger partial charge on any atom is 0.514 e. The summed E-state index contributed by atoms with van der Waals surface area (Å²) < 4.78 is 35.6. The van der Waals surface area contributed by atoms with Gasteiger partial charge in [0.25, 0.3) is 5.56 Å². The van der Waals surface area contributed by atoms with Crippen LogP contribution in [0.2, 0.25) is 0 Å². The molecule has 0 saturated heterocycles. The van der Waals surface area contributed by atoms with Crippen LogP contribution < -0.4 is 15.0 Å². The van der Waals surface area contributed by atoms with Gasteiger partial charge in [0.1, 0.15) is 35.6 Å². The lowest BCUT2D eigenvalue weighted by Crippen LogP contribution is -2.54. The molecule has 2 aliphatic heterocycles. The number of ether oxygens (including phenoxy) is 6. The van der Waals surface area contributed by atoms with Gasteiger partial charge >= 0.3 is 24.1 Å². The predicted molar refractivity (Wildman–Crippen MR) is 243 cm³/mol. The molecule has 0 N–H and O–H groups in total. The average Bonchev–Trinajstić information content (AvgIpc) is 3.80. The minimum atomic E-state index is -1.92. The zero-order chi connectivity index (χ0) is 47.2. The van der Waals surface area contributed by atoms with E-state index in [2.05, 4.69) is 13.8 Å². The highest BCUT2D eigenvalue weighted by Crippen LogP contribution is 2.65. The Kier molecular flexibility index (Phi) is 10.9.